The average molecular weight is 1570 g/mol. The van der Waals surface area contributed by atoms with E-state index in [1.165, 1.54) is 122 Å². The van der Waals surface area contributed by atoms with Gasteiger partial charge in [0.1, 0.15) is 116 Å². The number of allylic oxidation sites excluding steroid dienone is 1. The Bertz CT molecular complexity index is 2540. The van der Waals surface area contributed by atoms with E-state index in [-0.39, 0.29) is 12.3 Å². The van der Waals surface area contributed by atoms with Crippen molar-refractivity contribution in [3.05, 3.63) is 12.2 Å². The molecule has 5 saturated heterocycles. The molecule has 34 nitrogen and oxygen atoms in total. The zero-order valence-electron chi connectivity index (χ0n) is 64.2. The fraction of sp³-hybridized carbons (Fsp3) is 0.920. The van der Waals surface area contributed by atoms with Gasteiger partial charge >= 0.3 is 5.97 Å². The van der Waals surface area contributed by atoms with E-state index in [9.17, 15) is 106 Å². The van der Waals surface area contributed by atoms with Crippen LogP contribution in [0.25, 0.3) is 0 Å². The van der Waals surface area contributed by atoms with E-state index in [0.29, 0.717) is 12.8 Å². The largest absolute Gasteiger partial charge is 0.477 e. The average Bonchev–Trinajstić information content (AvgIpc) is 0.780. The van der Waals surface area contributed by atoms with Crippen LogP contribution in [0.4, 0.5) is 0 Å². The predicted molar refractivity (Wildman–Crippen MR) is 388 cm³/mol. The molecule has 0 bridgehead atoms. The molecule has 0 unspecified atom stereocenters. The Hall–Kier alpha value is -3.42. The molecule has 20 N–H and O–H groups in total. The van der Waals surface area contributed by atoms with Crippen molar-refractivity contribution in [3.8, 4) is 0 Å². The van der Waals surface area contributed by atoms with Crippen LogP contribution in [-0.4, -0.2) is 321 Å². The summed E-state index contributed by atoms with van der Waals surface area (Å²) in [5, 5.41) is 195. The van der Waals surface area contributed by atoms with Crippen LogP contribution in [0.2, 0.25) is 0 Å². The third-order valence-electron chi connectivity index (χ3n) is 21.1. The molecule has 5 heterocycles. The first-order valence-electron chi connectivity index (χ1n) is 40.1. The van der Waals surface area contributed by atoms with Gasteiger partial charge in [-0.15, -0.1) is 0 Å². The molecule has 5 rings (SSSR count). The molecular formula is C75H135N3O31. The van der Waals surface area contributed by atoms with Crippen LogP contribution in [-0.2, 0) is 66.5 Å². The molecule has 5 aliphatic heterocycles. The summed E-state index contributed by atoms with van der Waals surface area (Å²) in [4.78, 5) is 51.3. The molecule has 0 spiro atoms. The van der Waals surface area contributed by atoms with Gasteiger partial charge in [0, 0.05) is 26.7 Å². The van der Waals surface area contributed by atoms with E-state index in [1.807, 2.05) is 6.08 Å². The standard InChI is InChI=1S/C75H135N3O31/c1-5-7-9-11-13-15-17-19-20-21-22-24-26-28-30-32-34-36-54(88)78-46(47(85)35-33-31-29-27-25-23-18-16-14-12-10-8-6-2)42-100-71-64(96)62(94)67(52(41-82)104-71)107-73-65(97)69(59(91)50(39-80)102-73)108-70-56(77-45(4)84)60(92)66(51(40-81)103-70)106-72-63(95)61(93)58(90)53(105-72)43-101-75(74(98)99)37-48(86)55(76-44(3)83)68(109-75)57(89)49(87)38-79/h33,35,46-53,55-73,79-82,85-87,89-97H,5-32,34,36-43H2,1-4H3,(H,76,83)(H,77,84)(H,78,88)(H,98,99)/b35-33+/t46-,47+,48-,49+,50+,51+,52+,53+,55+,56+,57+,58-,59-,60+,61-,62+,63+,64+,65+,66+,67+,68+,69-,70-,71+,72-,73-,75+/m0/s1. The maximum Gasteiger partial charge on any atom is 0.364 e. The first kappa shape index (κ1) is 96.2. The maximum atomic E-state index is 13.5. The molecular weight excluding hydrogens is 1440 g/mol. The van der Waals surface area contributed by atoms with Gasteiger partial charge in [0.05, 0.1) is 63.9 Å². The van der Waals surface area contributed by atoms with Crippen LogP contribution >= 0.6 is 0 Å². The number of aliphatic hydroxyl groups is 16. The summed E-state index contributed by atoms with van der Waals surface area (Å²) >= 11 is 0. The monoisotopic (exact) mass is 1570 g/mol. The minimum Gasteiger partial charge on any atom is -0.477 e. The van der Waals surface area contributed by atoms with E-state index < -0.39 is 235 Å². The number of unbranched alkanes of at least 4 members (excludes halogenated alkanes) is 27. The number of carboxylic acid groups (broad SMARTS) is 1. The number of nitrogens with one attached hydrogen (secondary N) is 3. The second kappa shape index (κ2) is 51.5. The van der Waals surface area contributed by atoms with Gasteiger partial charge in [0.2, 0.25) is 17.7 Å². The number of aliphatic hydroxyl groups excluding tert-OH is 16. The molecule has 28 atom stereocenters. The number of amides is 3. The minimum atomic E-state index is -2.98. The fourth-order valence-corrected chi connectivity index (χ4v) is 14.6. The lowest BCUT2D eigenvalue weighted by Gasteiger charge is -2.50. The summed E-state index contributed by atoms with van der Waals surface area (Å²) in [6, 6.07) is -4.50. The van der Waals surface area contributed by atoms with Crippen LogP contribution in [0.1, 0.15) is 227 Å². The van der Waals surface area contributed by atoms with Crippen LogP contribution in [0, 0.1) is 0 Å². The lowest BCUT2D eigenvalue weighted by Crippen LogP contribution is -2.70. The molecule has 5 aliphatic rings. The molecule has 0 aromatic heterocycles. The number of hydrogen-bond donors (Lipinski definition) is 20. The summed E-state index contributed by atoms with van der Waals surface area (Å²) < 4.78 is 58.6. The molecule has 0 saturated carbocycles. The zero-order valence-corrected chi connectivity index (χ0v) is 64.2. The number of carboxylic acids is 1. The summed E-state index contributed by atoms with van der Waals surface area (Å²) in [6.07, 6.45) is -10.7. The highest BCUT2D eigenvalue weighted by atomic mass is 16.8. The second-order valence-electron chi connectivity index (χ2n) is 30.0. The molecule has 5 fully saturated rings. The zero-order chi connectivity index (χ0) is 80.2. The smallest absolute Gasteiger partial charge is 0.364 e. The predicted octanol–water partition coefficient (Wildman–Crippen LogP) is -0.262. The SMILES string of the molecule is CCCCCCCCCCCCC/C=C/[C@@H](O)[C@H](CO[C@@H]1O[C@H](CO)[C@@H](O[C@@H]2O[C@H](CO)[C@H](O)[C@H](O[C@@H]3O[C@H](CO)[C@@H](O[C@@H]4O[C@H](CO[C@]5(C(=O)O)C[C@H](O)[C@@H](NC(C)=O)[C@H]([C@H](O)[C@H](O)CO)O5)[C@H](O)[C@H](O)[C@H]4O)[C@H](O)[C@H]3NC(C)=O)[C@H]2O)[C@H](O)[C@H]1O)NC(=O)CCCCCCCCCCCCCCCCCCC. The van der Waals surface area contributed by atoms with Gasteiger partial charge in [-0.3, -0.25) is 14.4 Å². The second-order valence-corrected chi connectivity index (χ2v) is 30.0. The lowest BCUT2D eigenvalue weighted by atomic mass is 9.88. The van der Waals surface area contributed by atoms with Gasteiger partial charge in [-0.1, -0.05) is 193 Å². The quantitative estimate of drug-likeness (QED) is 0.0275. The van der Waals surface area contributed by atoms with Gasteiger partial charge in [-0.05, 0) is 19.3 Å². The number of aliphatic carboxylic acids is 1. The highest BCUT2D eigenvalue weighted by Crippen LogP contribution is 2.38. The lowest BCUT2D eigenvalue weighted by molar-refractivity contribution is -0.383. The molecule has 34 heteroatoms. The molecule has 0 radical (unpaired) electrons. The first-order chi connectivity index (χ1) is 52.2. The van der Waals surface area contributed by atoms with E-state index in [2.05, 4.69) is 29.8 Å². The van der Waals surface area contributed by atoms with Crippen molar-refractivity contribution in [2.45, 2.75) is 398 Å². The number of carbonyl (C=O) groups excluding carboxylic acids is 3. The van der Waals surface area contributed by atoms with E-state index in [0.717, 1.165) is 65.2 Å². The van der Waals surface area contributed by atoms with Gasteiger partial charge < -0.3 is 150 Å². The van der Waals surface area contributed by atoms with Crippen LogP contribution in [0.3, 0.4) is 0 Å². The van der Waals surface area contributed by atoms with Crippen LogP contribution in [0.15, 0.2) is 12.2 Å². The Morgan fingerprint density at radius 3 is 1.42 bits per heavy atom. The third kappa shape index (κ3) is 30.6. The highest BCUT2D eigenvalue weighted by molar-refractivity contribution is 5.77. The fourth-order valence-electron chi connectivity index (χ4n) is 14.6. The summed E-state index contributed by atoms with van der Waals surface area (Å²) in [5.74, 6) is -6.94. The van der Waals surface area contributed by atoms with Crippen molar-refractivity contribution < 1.29 is 153 Å². The van der Waals surface area contributed by atoms with Gasteiger partial charge in [0.25, 0.3) is 5.79 Å². The number of carbonyl (C=O) groups is 4. The van der Waals surface area contributed by atoms with Crippen molar-refractivity contribution in [3.63, 3.8) is 0 Å². The minimum absolute atomic E-state index is 0.176. The molecule has 636 valence electrons. The Balaban J connectivity index is 1.22. The molecule has 0 aliphatic carbocycles. The Morgan fingerprint density at radius 2 is 0.927 bits per heavy atom. The summed E-state index contributed by atoms with van der Waals surface area (Å²) in [5.41, 5.74) is 0. The van der Waals surface area contributed by atoms with Crippen molar-refractivity contribution >= 4 is 23.7 Å². The molecule has 0 aromatic rings. The Labute approximate surface area is 640 Å². The van der Waals surface area contributed by atoms with E-state index in [1.54, 1.807) is 6.08 Å². The first-order valence-corrected chi connectivity index (χ1v) is 40.1. The number of rotatable bonds is 54. The van der Waals surface area contributed by atoms with Crippen molar-refractivity contribution in [2.75, 3.05) is 39.6 Å². The van der Waals surface area contributed by atoms with Crippen molar-refractivity contribution in [1.82, 2.24) is 16.0 Å². The van der Waals surface area contributed by atoms with Crippen LogP contribution < -0.4 is 16.0 Å². The van der Waals surface area contributed by atoms with Crippen LogP contribution in [0.5, 0.6) is 0 Å². The molecule has 3 amide bonds. The van der Waals surface area contributed by atoms with Gasteiger partial charge in [0.15, 0.2) is 25.2 Å². The summed E-state index contributed by atoms with van der Waals surface area (Å²) in [6.45, 7) is 0.781. The highest BCUT2D eigenvalue weighted by Gasteiger charge is 2.59. The normalized spacial score (nSPS) is 34.2. The van der Waals surface area contributed by atoms with Gasteiger partial charge in [-0.2, -0.15) is 0 Å². The van der Waals surface area contributed by atoms with E-state index >= 15 is 0 Å². The van der Waals surface area contributed by atoms with E-state index in [4.69, 9.17) is 47.4 Å². The Kier molecular flexibility index (Phi) is 45.5. The molecule has 0 aromatic carbocycles. The maximum absolute atomic E-state index is 13.5. The third-order valence-corrected chi connectivity index (χ3v) is 21.1. The van der Waals surface area contributed by atoms with Crippen molar-refractivity contribution in [2.24, 2.45) is 0 Å². The Morgan fingerprint density at radius 1 is 0.486 bits per heavy atom. The van der Waals surface area contributed by atoms with Crippen molar-refractivity contribution in [1.29, 1.82) is 0 Å². The summed E-state index contributed by atoms with van der Waals surface area (Å²) in [7, 11) is 0. The van der Waals surface area contributed by atoms with Gasteiger partial charge in [-0.25, -0.2) is 4.79 Å². The topological polar surface area (TPSA) is 541 Å². The molecule has 109 heavy (non-hydrogen) atoms. The number of hydrogen-bond acceptors (Lipinski definition) is 30. The number of ether oxygens (including phenoxy) is 10.